The number of halogens is 3. The highest BCUT2D eigenvalue weighted by Crippen LogP contribution is 2.20. The van der Waals surface area contributed by atoms with E-state index < -0.39 is 24.7 Å². The standard InChI is InChI=1S/C7H9F3O4/c8-7(9,10)1-6(11)14-5-2-12-4-13-3-5/h5H,1-4H2. The lowest BCUT2D eigenvalue weighted by Crippen LogP contribution is -2.34. The van der Waals surface area contributed by atoms with Crippen LogP contribution >= 0.6 is 0 Å². The zero-order valence-electron chi connectivity index (χ0n) is 7.17. The first kappa shape index (κ1) is 11.3. The van der Waals surface area contributed by atoms with Crippen molar-refractivity contribution in [2.24, 2.45) is 0 Å². The van der Waals surface area contributed by atoms with E-state index in [2.05, 4.69) is 4.74 Å². The van der Waals surface area contributed by atoms with Gasteiger partial charge in [0.05, 0.1) is 13.2 Å². The zero-order chi connectivity index (χ0) is 10.6. The van der Waals surface area contributed by atoms with Crippen molar-refractivity contribution >= 4 is 5.97 Å². The Morgan fingerprint density at radius 1 is 1.36 bits per heavy atom. The average molecular weight is 214 g/mol. The zero-order valence-corrected chi connectivity index (χ0v) is 7.17. The molecule has 1 fully saturated rings. The molecule has 0 aliphatic carbocycles. The van der Waals surface area contributed by atoms with Crippen LogP contribution in [0.3, 0.4) is 0 Å². The number of carbonyl (C=O) groups excluding carboxylic acids is 1. The summed E-state index contributed by atoms with van der Waals surface area (Å²) in [5, 5.41) is 0. The van der Waals surface area contributed by atoms with Crippen molar-refractivity contribution in [2.45, 2.75) is 18.7 Å². The van der Waals surface area contributed by atoms with Crippen molar-refractivity contribution in [1.29, 1.82) is 0 Å². The smallest absolute Gasteiger partial charge is 0.399 e. The predicted octanol–water partition coefficient (Wildman–Crippen LogP) is 0.855. The Balaban J connectivity index is 2.25. The SMILES string of the molecule is O=C(CC(F)(F)F)OC1COCOC1. The van der Waals surface area contributed by atoms with Crippen molar-refractivity contribution in [3.8, 4) is 0 Å². The number of alkyl halides is 3. The van der Waals surface area contributed by atoms with E-state index in [0.29, 0.717) is 0 Å². The third-order valence-corrected chi connectivity index (χ3v) is 1.42. The average Bonchev–Trinajstić information content (AvgIpc) is 2.02. The molecule has 0 amide bonds. The Kier molecular flexibility index (Phi) is 3.70. The van der Waals surface area contributed by atoms with E-state index in [1.807, 2.05) is 0 Å². The summed E-state index contributed by atoms with van der Waals surface area (Å²) in [6.45, 7) is 0.223. The fourth-order valence-corrected chi connectivity index (χ4v) is 0.925. The Morgan fingerprint density at radius 2 is 1.93 bits per heavy atom. The summed E-state index contributed by atoms with van der Waals surface area (Å²) in [4.78, 5) is 10.7. The number of hydrogen-bond acceptors (Lipinski definition) is 4. The minimum atomic E-state index is -4.53. The Bertz CT molecular complexity index is 198. The van der Waals surface area contributed by atoms with Crippen LogP contribution in [0.1, 0.15) is 6.42 Å². The lowest BCUT2D eigenvalue weighted by atomic mass is 10.3. The van der Waals surface area contributed by atoms with Crippen LogP contribution in [0.5, 0.6) is 0 Å². The maximum absolute atomic E-state index is 11.7. The number of hydrogen-bond donors (Lipinski definition) is 0. The first-order valence-electron chi connectivity index (χ1n) is 3.89. The second-order valence-electron chi connectivity index (χ2n) is 2.76. The number of carbonyl (C=O) groups is 1. The Morgan fingerprint density at radius 3 is 2.43 bits per heavy atom. The molecule has 82 valence electrons. The van der Waals surface area contributed by atoms with E-state index in [-0.39, 0.29) is 20.0 Å². The summed E-state index contributed by atoms with van der Waals surface area (Å²) in [5.74, 6) is -1.31. The van der Waals surface area contributed by atoms with Gasteiger partial charge in [0.25, 0.3) is 0 Å². The van der Waals surface area contributed by atoms with Gasteiger partial charge in [0.15, 0.2) is 0 Å². The van der Waals surface area contributed by atoms with E-state index in [4.69, 9.17) is 9.47 Å². The normalized spacial score (nSPS) is 19.4. The molecule has 0 atom stereocenters. The van der Waals surface area contributed by atoms with Crippen LogP contribution in [0.2, 0.25) is 0 Å². The summed E-state index contributed by atoms with van der Waals surface area (Å²) < 4.78 is 49.0. The van der Waals surface area contributed by atoms with Gasteiger partial charge in [0, 0.05) is 0 Å². The quantitative estimate of drug-likeness (QED) is 0.639. The fraction of sp³-hybridized carbons (Fsp3) is 0.857. The fourth-order valence-electron chi connectivity index (χ4n) is 0.925. The van der Waals surface area contributed by atoms with Gasteiger partial charge in [0.2, 0.25) is 0 Å². The third kappa shape index (κ3) is 4.43. The molecule has 7 heteroatoms. The van der Waals surface area contributed by atoms with E-state index in [0.717, 1.165) is 0 Å². The van der Waals surface area contributed by atoms with E-state index in [1.165, 1.54) is 0 Å². The largest absolute Gasteiger partial charge is 0.457 e. The molecule has 0 saturated carbocycles. The molecule has 0 aromatic heterocycles. The maximum Gasteiger partial charge on any atom is 0.399 e. The molecule has 4 nitrogen and oxygen atoms in total. The highest BCUT2D eigenvalue weighted by Gasteiger charge is 2.33. The summed E-state index contributed by atoms with van der Waals surface area (Å²) in [7, 11) is 0. The highest BCUT2D eigenvalue weighted by atomic mass is 19.4. The Labute approximate surface area is 77.9 Å². The van der Waals surface area contributed by atoms with Gasteiger partial charge < -0.3 is 14.2 Å². The van der Waals surface area contributed by atoms with Crippen LogP contribution in [0.15, 0.2) is 0 Å². The van der Waals surface area contributed by atoms with E-state index >= 15 is 0 Å². The molecule has 0 aromatic rings. The van der Waals surface area contributed by atoms with Crippen LogP contribution in [-0.4, -0.2) is 38.3 Å². The van der Waals surface area contributed by atoms with E-state index in [1.54, 1.807) is 0 Å². The molecular weight excluding hydrogens is 205 g/mol. The molecule has 0 spiro atoms. The molecule has 0 unspecified atom stereocenters. The molecule has 1 heterocycles. The van der Waals surface area contributed by atoms with Crippen molar-refractivity contribution in [2.75, 3.05) is 20.0 Å². The Hall–Kier alpha value is -0.820. The molecule has 1 aliphatic heterocycles. The summed E-state index contributed by atoms with van der Waals surface area (Å²) in [6, 6.07) is 0. The van der Waals surface area contributed by atoms with Crippen molar-refractivity contribution in [3.05, 3.63) is 0 Å². The molecule has 1 rings (SSSR count). The van der Waals surface area contributed by atoms with Crippen LogP contribution in [0, 0.1) is 0 Å². The molecule has 14 heavy (non-hydrogen) atoms. The van der Waals surface area contributed by atoms with Crippen LogP contribution < -0.4 is 0 Å². The van der Waals surface area contributed by atoms with Gasteiger partial charge in [-0.2, -0.15) is 13.2 Å². The topological polar surface area (TPSA) is 44.8 Å². The van der Waals surface area contributed by atoms with Crippen molar-refractivity contribution in [1.82, 2.24) is 0 Å². The molecule has 0 N–H and O–H groups in total. The van der Waals surface area contributed by atoms with Gasteiger partial charge in [-0.15, -0.1) is 0 Å². The first-order valence-corrected chi connectivity index (χ1v) is 3.89. The summed E-state index contributed by atoms with van der Waals surface area (Å²) >= 11 is 0. The third-order valence-electron chi connectivity index (χ3n) is 1.42. The minimum Gasteiger partial charge on any atom is -0.457 e. The van der Waals surface area contributed by atoms with Gasteiger partial charge in [0.1, 0.15) is 19.3 Å². The van der Waals surface area contributed by atoms with Gasteiger partial charge in [-0.05, 0) is 0 Å². The lowest BCUT2D eigenvalue weighted by Gasteiger charge is -2.22. The van der Waals surface area contributed by atoms with Crippen LogP contribution in [-0.2, 0) is 19.0 Å². The van der Waals surface area contributed by atoms with E-state index in [9.17, 15) is 18.0 Å². The maximum atomic E-state index is 11.7. The second-order valence-corrected chi connectivity index (χ2v) is 2.76. The lowest BCUT2D eigenvalue weighted by molar-refractivity contribution is -0.196. The monoisotopic (exact) mass is 214 g/mol. The molecule has 1 saturated heterocycles. The molecular formula is C7H9F3O4. The van der Waals surface area contributed by atoms with Crippen molar-refractivity contribution in [3.63, 3.8) is 0 Å². The van der Waals surface area contributed by atoms with Gasteiger partial charge in [-0.25, -0.2) is 0 Å². The predicted molar refractivity (Wildman–Crippen MR) is 37.3 cm³/mol. The van der Waals surface area contributed by atoms with Gasteiger partial charge >= 0.3 is 12.1 Å². The number of rotatable bonds is 2. The molecule has 0 aromatic carbocycles. The molecule has 0 radical (unpaired) electrons. The summed E-state index contributed by atoms with van der Waals surface area (Å²) in [5.41, 5.74) is 0. The summed E-state index contributed by atoms with van der Waals surface area (Å²) in [6.07, 6.45) is -6.85. The highest BCUT2D eigenvalue weighted by molar-refractivity contribution is 5.70. The minimum absolute atomic E-state index is 0.0730. The number of ether oxygens (including phenoxy) is 3. The van der Waals surface area contributed by atoms with Crippen molar-refractivity contribution < 1.29 is 32.2 Å². The molecule has 0 bridgehead atoms. The molecule has 1 aliphatic rings. The second kappa shape index (κ2) is 4.61. The first-order chi connectivity index (χ1) is 6.47. The van der Waals surface area contributed by atoms with Gasteiger partial charge in [-0.3, -0.25) is 4.79 Å². The van der Waals surface area contributed by atoms with Crippen LogP contribution in [0.4, 0.5) is 13.2 Å². The van der Waals surface area contributed by atoms with Crippen LogP contribution in [0.25, 0.3) is 0 Å². The van der Waals surface area contributed by atoms with Gasteiger partial charge in [-0.1, -0.05) is 0 Å². The number of esters is 1.